The third kappa shape index (κ3) is 3.57. The zero-order valence-electron chi connectivity index (χ0n) is 9.34. The van der Waals surface area contributed by atoms with Gasteiger partial charge in [-0.2, -0.15) is 5.10 Å². The van der Waals surface area contributed by atoms with E-state index in [2.05, 4.69) is 22.5 Å². The summed E-state index contributed by atoms with van der Waals surface area (Å²) in [6.07, 6.45) is 1.95. The molecular weight excluding hydrogens is 232 g/mol. The average molecular weight is 246 g/mol. The molecule has 4 nitrogen and oxygen atoms in total. The Labute approximate surface area is 105 Å². The average Bonchev–Trinajstić information content (AvgIpc) is 2.75. The quantitative estimate of drug-likeness (QED) is 0.798. The summed E-state index contributed by atoms with van der Waals surface area (Å²) in [5, 5.41) is 7.58. The fourth-order valence-electron chi connectivity index (χ4n) is 1.53. The number of nitrogens with zero attached hydrogens (tertiary/aromatic N) is 2. The molecule has 0 radical (unpaired) electrons. The molecule has 2 aromatic rings. The molecule has 0 bridgehead atoms. The molecule has 0 saturated carbocycles. The maximum atomic E-state index is 5.36. The molecule has 0 fully saturated rings. The first-order valence-electron chi connectivity index (χ1n) is 5.33. The van der Waals surface area contributed by atoms with Crippen LogP contribution in [0.25, 0.3) is 0 Å². The number of nitrogens with two attached hydrogens (primary N) is 1. The smallest absolute Gasteiger partial charge is 0.163 e. The first-order chi connectivity index (χ1) is 8.24. The van der Waals surface area contributed by atoms with Crippen LogP contribution in [0.15, 0.2) is 42.6 Å². The molecule has 0 amide bonds. The summed E-state index contributed by atoms with van der Waals surface area (Å²) in [5.41, 5.74) is 7.51. The summed E-state index contributed by atoms with van der Waals surface area (Å²) in [7, 11) is 0. The summed E-state index contributed by atoms with van der Waals surface area (Å²) in [4.78, 5) is 0. The van der Waals surface area contributed by atoms with Crippen molar-refractivity contribution >= 4 is 17.3 Å². The number of hydrogen-bond donors (Lipinski definition) is 2. The van der Waals surface area contributed by atoms with Gasteiger partial charge in [0.05, 0.1) is 18.8 Å². The van der Waals surface area contributed by atoms with Crippen molar-refractivity contribution in [3.05, 3.63) is 53.9 Å². The van der Waals surface area contributed by atoms with Gasteiger partial charge >= 0.3 is 0 Å². The number of aromatic nitrogens is 2. The summed E-state index contributed by atoms with van der Waals surface area (Å²) in [5.74, 6) is 0. The van der Waals surface area contributed by atoms with Crippen LogP contribution in [0.3, 0.4) is 0 Å². The van der Waals surface area contributed by atoms with Gasteiger partial charge in [-0.3, -0.25) is 4.68 Å². The van der Waals surface area contributed by atoms with Crippen LogP contribution in [0, 0.1) is 0 Å². The molecule has 17 heavy (non-hydrogen) atoms. The number of benzene rings is 1. The van der Waals surface area contributed by atoms with Crippen molar-refractivity contribution < 1.29 is 0 Å². The molecule has 0 atom stereocenters. The molecule has 1 aromatic carbocycles. The van der Waals surface area contributed by atoms with Crippen molar-refractivity contribution in [3.8, 4) is 0 Å². The van der Waals surface area contributed by atoms with E-state index in [0.717, 1.165) is 12.2 Å². The monoisotopic (exact) mass is 246 g/mol. The molecular formula is C12H14N4S. The van der Waals surface area contributed by atoms with E-state index in [1.165, 1.54) is 5.56 Å². The Kier molecular flexibility index (Phi) is 3.72. The molecule has 0 aliphatic carbocycles. The highest BCUT2D eigenvalue weighted by atomic mass is 32.1. The van der Waals surface area contributed by atoms with Gasteiger partial charge in [-0.05, 0) is 23.8 Å². The summed E-state index contributed by atoms with van der Waals surface area (Å²) < 4.78 is 1.89. The summed E-state index contributed by atoms with van der Waals surface area (Å²) >= 11 is 4.74. The van der Waals surface area contributed by atoms with Crippen LogP contribution in [0.1, 0.15) is 11.3 Å². The van der Waals surface area contributed by atoms with E-state index < -0.39 is 0 Å². The Hall–Kier alpha value is -1.88. The third-order valence-electron chi connectivity index (χ3n) is 2.33. The van der Waals surface area contributed by atoms with E-state index in [0.29, 0.717) is 11.7 Å². The maximum absolute atomic E-state index is 5.36. The molecule has 0 unspecified atom stereocenters. The standard InChI is InChI=1S/C12H14N4S/c13-12(17)14-8-11-6-7-16(15-11)9-10-4-2-1-3-5-10/h1-7H,8-9H2,(H3,13,14,17). The van der Waals surface area contributed by atoms with Crippen molar-refractivity contribution in [2.75, 3.05) is 0 Å². The van der Waals surface area contributed by atoms with Gasteiger partial charge in [0, 0.05) is 6.20 Å². The van der Waals surface area contributed by atoms with Crippen molar-refractivity contribution in [1.82, 2.24) is 15.1 Å². The van der Waals surface area contributed by atoms with Crippen molar-refractivity contribution in [2.24, 2.45) is 5.73 Å². The van der Waals surface area contributed by atoms with Gasteiger partial charge < -0.3 is 11.1 Å². The number of rotatable bonds is 4. The molecule has 0 aliphatic heterocycles. The first-order valence-corrected chi connectivity index (χ1v) is 5.74. The lowest BCUT2D eigenvalue weighted by atomic mass is 10.2. The SMILES string of the molecule is NC(=S)NCc1ccn(Cc2ccccc2)n1. The Balaban J connectivity index is 1.97. The topological polar surface area (TPSA) is 55.9 Å². The van der Waals surface area contributed by atoms with Gasteiger partial charge in [0.15, 0.2) is 5.11 Å². The predicted molar refractivity (Wildman–Crippen MR) is 71.4 cm³/mol. The highest BCUT2D eigenvalue weighted by Gasteiger charge is 1.99. The number of thiocarbonyl (C=S) groups is 1. The van der Waals surface area contributed by atoms with E-state index in [4.69, 9.17) is 18.0 Å². The second-order valence-electron chi connectivity index (χ2n) is 3.71. The van der Waals surface area contributed by atoms with Crippen LogP contribution in [-0.2, 0) is 13.1 Å². The molecule has 3 N–H and O–H groups in total. The Morgan fingerprint density at radius 3 is 2.76 bits per heavy atom. The lowest BCUT2D eigenvalue weighted by molar-refractivity contribution is 0.666. The maximum Gasteiger partial charge on any atom is 0.163 e. The van der Waals surface area contributed by atoms with Crippen LogP contribution in [-0.4, -0.2) is 14.9 Å². The second-order valence-corrected chi connectivity index (χ2v) is 4.15. The summed E-state index contributed by atoms with van der Waals surface area (Å²) in [6.45, 7) is 1.34. The van der Waals surface area contributed by atoms with Crippen LogP contribution in [0.5, 0.6) is 0 Å². The van der Waals surface area contributed by atoms with E-state index in [1.807, 2.05) is 35.1 Å². The highest BCUT2D eigenvalue weighted by molar-refractivity contribution is 7.80. The zero-order chi connectivity index (χ0) is 12.1. The van der Waals surface area contributed by atoms with Crippen molar-refractivity contribution in [2.45, 2.75) is 13.1 Å². The van der Waals surface area contributed by atoms with Crippen LogP contribution >= 0.6 is 12.2 Å². The molecule has 0 aliphatic rings. The molecule has 0 saturated heterocycles. The van der Waals surface area contributed by atoms with Gasteiger partial charge in [-0.15, -0.1) is 0 Å². The molecule has 0 spiro atoms. The second kappa shape index (κ2) is 5.45. The number of nitrogens with one attached hydrogen (secondary N) is 1. The van der Waals surface area contributed by atoms with Crippen LogP contribution in [0.4, 0.5) is 0 Å². The van der Waals surface area contributed by atoms with Gasteiger partial charge in [0.1, 0.15) is 0 Å². The number of hydrogen-bond acceptors (Lipinski definition) is 2. The zero-order valence-corrected chi connectivity index (χ0v) is 10.2. The van der Waals surface area contributed by atoms with Gasteiger partial charge in [0.25, 0.3) is 0 Å². The molecule has 2 rings (SSSR count). The largest absolute Gasteiger partial charge is 0.376 e. The van der Waals surface area contributed by atoms with Crippen LogP contribution < -0.4 is 11.1 Å². The normalized spacial score (nSPS) is 10.1. The Morgan fingerprint density at radius 2 is 2.06 bits per heavy atom. The summed E-state index contributed by atoms with van der Waals surface area (Å²) in [6, 6.07) is 12.2. The van der Waals surface area contributed by atoms with E-state index >= 15 is 0 Å². The fraction of sp³-hybridized carbons (Fsp3) is 0.167. The molecule has 5 heteroatoms. The minimum absolute atomic E-state index is 0.294. The first kappa shape index (κ1) is 11.6. The molecule has 1 aromatic heterocycles. The third-order valence-corrected chi connectivity index (χ3v) is 2.47. The van der Waals surface area contributed by atoms with E-state index in [-0.39, 0.29) is 0 Å². The van der Waals surface area contributed by atoms with Crippen LogP contribution in [0.2, 0.25) is 0 Å². The van der Waals surface area contributed by atoms with Gasteiger partial charge in [-0.1, -0.05) is 30.3 Å². The van der Waals surface area contributed by atoms with E-state index in [9.17, 15) is 0 Å². The predicted octanol–water partition coefficient (Wildman–Crippen LogP) is 1.26. The Morgan fingerprint density at radius 1 is 1.29 bits per heavy atom. The lowest BCUT2D eigenvalue weighted by Crippen LogP contribution is -2.28. The fourth-order valence-corrected chi connectivity index (χ4v) is 1.61. The minimum Gasteiger partial charge on any atom is -0.376 e. The Bertz CT molecular complexity index is 492. The molecule has 1 heterocycles. The van der Waals surface area contributed by atoms with Gasteiger partial charge in [-0.25, -0.2) is 0 Å². The van der Waals surface area contributed by atoms with E-state index in [1.54, 1.807) is 0 Å². The van der Waals surface area contributed by atoms with Crippen molar-refractivity contribution in [1.29, 1.82) is 0 Å². The van der Waals surface area contributed by atoms with Crippen molar-refractivity contribution in [3.63, 3.8) is 0 Å². The minimum atomic E-state index is 0.294. The molecule has 88 valence electrons. The highest BCUT2D eigenvalue weighted by Crippen LogP contribution is 2.02. The van der Waals surface area contributed by atoms with Gasteiger partial charge in [0.2, 0.25) is 0 Å². The lowest BCUT2D eigenvalue weighted by Gasteiger charge is -2.02.